The van der Waals surface area contributed by atoms with Crippen molar-refractivity contribution in [3.63, 3.8) is 0 Å². The van der Waals surface area contributed by atoms with Crippen molar-refractivity contribution in [3.05, 3.63) is 83.1 Å². The molecule has 4 rings (SSSR count). The lowest BCUT2D eigenvalue weighted by Crippen LogP contribution is -2.48. The molecule has 0 spiro atoms. The number of hydrogen-bond donors (Lipinski definition) is 1. The molecule has 0 radical (unpaired) electrons. The molecule has 0 saturated heterocycles. The zero-order chi connectivity index (χ0) is 21.1. The molecule has 2 atom stereocenters. The lowest BCUT2D eigenvalue weighted by Gasteiger charge is -2.40. The van der Waals surface area contributed by atoms with Crippen molar-refractivity contribution in [2.45, 2.75) is 63.8 Å². The maximum atomic E-state index is 13.3. The second-order valence-corrected chi connectivity index (χ2v) is 8.91. The molecule has 1 aliphatic heterocycles. The molecule has 2 aliphatic rings. The number of benzene rings is 2. The van der Waals surface area contributed by atoms with Gasteiger partial charge < -0.3 is 10.6 Å². The highest BCUT2D eigenvalue weighted by Gasteiger charge is 2.50. The smallest absolute Gasteiger partial charge is 0.232 e. The van der Waals surface area contributed by atoms with Crippen LogP contribution in [0.3, 0.4) is 0 Å². The van der Waals surface area contributed by atoms with E-state index in [2.05, 4.69) is 43.0 Å². The zero-order valence-corrected chi connectivity index (χ0v) is 18.3. The maximum absolute atomic E-state index is 13.3. The molecular formula is C27H34N2O. The van der Waals surface area contributed by atoms with E-state index in [-0.39, 0.29) is 11.8 Å². The molecule has 1 amide bonds. The Kier molecular flexibility index (Phi) is 5.99. The van der Waals surface area contributed by atoms with Gasteiger partial charge >= 0.3 is 0 Å². The van der Waals surface area contributed by atoms with Crippen molar-refractivity contribution in [1.82, 2.24) is 4.90 Å². The van der Waals surface area contributed by atoms with E-state index < -0.39 is 5.41 Å². The third-order valence-corrected chi connectivity index (χ3v) is 7.55. The van der Waals surface area contributed by atoms with Crippen LogP contribution in [0.1, 0.15) is 63.5 Å². The van der Waals surface area contributed by atoms with Crippen molar-refractivity contribution in [3.8, 4) is 0 Å². The van der Waals surface area contributed by atoms with Crippen molar-refractivity contribution >= 4 is 5.91 Å². The van der Waals surface area contributed by atoms with Gasteiger partial charge in [-0.05, 0) is 62.5 Å². The minimum atomic E-state index is -0.780. The maximum Gasteiger partial charge on any atom is 0.232 e. The van der Waals surface area contributed by atoms with Crippen molar-refractivity contribution in [1.29, 1.82) is 0 Å². The molecule has 0 aromatic heterocycles. The molecule has 2 N–H and O–H groups in total. The fourth-order valence-corrected chi connectivity index (χ4v) is 6.06. The molecule has 1 unspecified atom stereocenters. The summed E-state index contributed by atoms with van der Waals surface area (Å²) in [6.07, 6.45) is 6.74. The summed E-state index contributed by atoms with van der Waals surface area (Å²) in [6.45, 7) is 5.69. The summed E-state index contributed by atoms with van der Waals surface area (Å²) in [6, 6.07) is 20.9. The van der Waals surface area contributed by atoms with Gasteiger partial charge in [0.1, 0.15) is 5.41 Å². The van der Waals surface area contributed by atoms with Gasteiger partial charge in [0.2, 0.25) is 5.91 Å². The summed E-state index contributed by atoms with van der Waals surface area (Å²) in [5, 5.41) is 0. The number of primary amides is 1. The molecule has 30 heavy (non-hydrogen) atoms. The zero-order valence-electron chi connectivity index (χ0n) is 18.3. The van der Waals surface area contributed by atoms with Gasteiger partial charge in [0.25, 0.3) is 0 Å². The highest BCUT2D eigenvalue weighted by Crippen LogP contribution is 2.48. The van der Waals surface area contributed by atoms with Crippen LogP contribution in [0.15, 0.2) is 71.9 Å². The van der Waals surface area contributed by atoms with Crippen LogP contribution in [0.25, 0.3) is 0 Å². The van der Waals surface area contributed by atoms with Gasteiger partial charge in [0, 0.05) is 18.3 Å². The van der Waals surface area contributed by atoms with Crippen LogP contribution < -0.4 is 5.73 Å². The van der Waals surface area contributed by atoms with Gasteiger partial charge in [0.15, 0.2) is 0 Å². The first-order valence-electron chi connectivity index (χ1n) is 11.4. The summed E-state index contributed by atoms with van der Waals surface area (Å²) in [7, 11) is 0. The van der Waals surface area contributed by atoms with Crippen molar-refractivity contribution in [2.24, 2.45) is 11.7 Å². The number of allylic oxidation sites excluding steroid dienone is 2. The van der Waals surface area contributed by atoms with E-state index in [0.29, 0.717) is 6.04 Å². The summed E-state index contributed by atoms with van der Waals surface area (Å²) in [5.74, 6) is -0.0321. The monoisotopic (exact) mass is 402 g/mol. The van der Waals surface area contributed by atoms with Gasteiger partial charge in [-0.2, -0.15) is 0 Å². The van der Waals surface area contributed by atoms with Crippen LogP contribution in [0.2, 0.25) is 0 Å². The average molecular weight is 403 g/mol. The molecule has 1 saturated carbocycles. The molecule has 3 heteroatoms. The Morgan fingerprint density at radius 2 is 1.63 bits per heavy atom. The third kappa shape index (κ3) is 3.45. The first-order chi connectivity index (χ1) is 14.6. The number of carbonyl (C=O) groups is 1. The predicted molar refractivity (Wildman–Crippen MR) is 123 cm³/mol. The summed E-state index contributed by atoms with van der Waals surface area (Å²) in [4.78, 5) is 15.9. The molecule has 2 aromatic carbocycles. The van der Waals surface area contributed by atoms with E-state index in [0.717, 1.165) is 43.4 Å². The number of carbonyl (C=O) groups excluding carboxylic acids is 1. The normalized spacial score (nSPS) is 22.4. The Morgan fingerprint density at radius 3 is 2.17 bits per heavy atom. The second kappa shape index (κ2) is 8.67. The summed E-state index contributed by atoms with van der Waals surface area (Å²) >= 11 is 0. The molecule has 158 valence electrons. The van der Waals surface area contributed by atoms with Crippen LogP contribution in [0.5, 0.6) is 0 Å². The summed E-state index contributed by atoms with van der Waals surface area (Å²) in [5.41, 5.74) is 10.6. The molecule has 2 aromatic rings. The highest BCUT2D eigenvalue weighted by molar-refractivity contribution is 5.91. The largest absolute Gasteiger partial charge is 0.372 e. The van der Waals surface area contributed by atoms with Crippen molar-refractivity contribution < 1.29 is 4.79 Å². The Hall–Kier alpha value is -2.55. The van der Waals surface area contributed by atoms with Crippen LogP contribution in [0, 0.1) is 5.92 Å². The number of amides is 1. The van der Waals surface area contributed by atoms with Crippen LogP contribution >= 0.6 is 0 Å². The van der Waals surface area contributed by atoms with E-state index in [1.54, 1.807) is 5.57 Å². The molecule has 1 heterocycles. The van der Waals surface area contributed by atoms with Crippen LogP contribution in [0.4, 0.5) is 0 Å². The SMILES string of the molecule is CCC1=C(C)N([C@H]2CCC(C(C(N)=O)(c3ccccc3)c3ccccc3)C2)CCC1. The summed E-state index contributed by atoms with van der Waals surface area (Å²) < 4.78 is 0. The van der Waals surface area contributed by atoms with Crippen LogP contribution in [-0.2, 0) is 10.2 Å². The second-order valence-electron chi connectivity index (χ2n) is 8.91. The quantitative estimate of drug-likeness (QED) is 0.702. The van der Waals surface area contributed by atoms with E-state index in [4.69, 9.17) is 5.73 Å². The van der Waals surface area contributed by atoms with Gasteiger partial charge in [0.05, 0.1) is 0 Å². The van der Waals surface area contributed by atoms with Crippen molar-refractivity contribution in [2.75, 3.05) is 6.54 Å². The Morgan fingerprint density at radius 1 is 1.03 bits per heavy atom. The standard InChI is InChI=1S/C27H34N2O/c1-3-21-11-10-18-29(20(21)2)25-17-16-24(19-25)27(26(28)30,22-12-6-4-7-13-22)23-14-8-5-9-15-23/h4-9,12-15,24-25H,3,10-11,16-19H2,1-2H3,(H2,28,30)/t24?,25-/m0/s1. The highest BCUT2D eigenvalue weighted by atomic mass is 16.1. The number of hydrogen-bond acceptors (Lipinski definition) is 2. The molecule has 0 bridgehead atoms. The fourth-order valence-electron chi connectivity index (χ4n) is 6.06. The van der Waals surface area contributed by atoms with Gasteiger partial charge in [-0.1, -0.05) is 73.2 Å². The number of rotatable bonds is 6. The first-order valence-corrected chi connectivity index (χ1v) is 11.4. The lowest BCUT2D eigenvalue weighted by atomic mass is 9.64. The molecular weight excluding hydrogens is 368 g/mol. The first kappa shape index (κ1) is 20.7. The van der Waals surface area contributed by atoms with Gasteiger partial charge in [-0.25, -0.2) is 0 Å². The minimum Gasteiger partial charge on any atom is -0.372 e. The lowest BCUT2D eigenvalue weighted by molar-refractivity contribution is -0.123. The molecule has 3 nitrogen and oxygen atoms in total. The average Bonchev–Trinajstić information content (AvgIpc) is 3.26. The Balaban J connectivity index is 1.74. The Bertz CT molecular complexity index is 863. The Labute approximate surface area is 181 Å². The minimum absolute atomic E-state index is 0.199. The molecule has 1 fully saturated rings. The third-order valence-electron chi connectivity index (χ3n) is 7.55. The van der Waals surface area contributed by atoms with E-state index in [1.807, 2.05) is 36.4 Å². The number of nitrogens with zero attached hydrogens (tertiary/aromatic N) is 1. The topological polar surface area (TPSA) is 46.3 Å². The van der Waals surface area contributed by atoms with Gasteiger partial charge in [-0.15, -0.1) is 0 Å². The predicted octanol–water partition coefficient (Wildman–Crippen LogP) is 5.41. The fraction of sp³-hybridized carbons (Fsp3) is 0.444. The van der Waals surface area contributed by atoms with E-state index in [9.17, 15) is 4.79 Å². The van der Waals surface area contributed by atoms with Gasteiger partial charge in [-0.3, -0.25) is 4.79 Å². The molecule has 1 aliphatic carbocycles. The van der Waals surface area contributed by atoms with Crippen LogP contribution in [-0.4, -0.2) is 23.4 Å². The van der Waals surface area contributed by atoms with E-state index >= 15 is 0 Å². The van der Waals surface area contributed by atoms with E-state index in [1.165, 1.54) is 18.5 Å². The number of nitrogens with two attached hydrogens (primary N) is 1.